The average molecular weight is 434 g/mol. The number of rotatable bonds is 8. The molecule has 0 aromatic heterocycles. The third-order valence-electron chi connectivity index (χ3n) is 5.25. The second-order valence-electron chi connectivity index (χ2n) is 7.22. The van der Waals surface area contributed by atoms with Crippen LogP contribution in [0.15, 0.2) is 24.8 Å². The van der Waals surface area contributed by atoms with Gasteiger partial charge in [-0.25, -0.2) is 9.69 Å². The number of aliphatic hydroxyl groups is 1. The molecule has 0 aliphatic carbocycles. The first kappa shape index (κ1) is 22.4. The number of fused-ring (bicyclic) bond motifs is 2. The summed E-state index contributed by atoms with van der Waals surface area (Å²) in [7, 11) is 1.41. The third-order valence-corrected chi connectivity index (χ3v) is 5.25. The summed E-state index contributed by atoms with van der Waals surface area (Å²) in [5.41, 5.74) is 0.309. The van der Waals surface area contributed by atoms with E-state index in [4.69, 9.17) is 19.3 Å². The average Bonchev–Trinajstić information content (AvgIpc) is 3.22. The number of hydrogen-bond acceptors (Lipinski definition) is 7. The highest BCUT2D eigenvalue weighted by atomic mass is 16.6. The lowest BCUT2D eigenvalue weighted by Crippen LogP contribution is -2.50. The third kappa shape index (κ3) is 4.58. The van der Waals surface area contributed by atoms with Crippen molar-refractivity contribution in [2.75, 3.05) is 31.8 Å². The van der Waals surface area contributed by atoms with Crippen LogP contribution in [0.1, 0.15) is 36.0 Å². The minimum atomic E-state index is -1.31. The Labute approximate surface area is 179 Å². The van der Waals surface area contributed by atoms with E-state index < -0.39 is 24.3 Å². The number of carboxylic acids is 1. The second kappa shape index (κ2) is 9.69. The highest BCUT2D eigenvalue weighted by Crippen LogP contribution is 2.41. The van der Waals surface area contributed by atoms with Crippen LogP contribution in [0.5, 0.6) is 11.5 Å². The highest BCUT2D eigenvalue weighted by molar-refractivity contribution is 6.06. The molecule has 168 valence electrons. The van der Waals surface area contributed by atoms with Crippen LogP contribution >= 0.6 is 0 Å². The van der Waals surface area contributed by atoms with Crippen molar-refractivity contribution in [3.8, 4) is 11.5 Å². The van der Waals surface area contributed by atoms with Gasteiger partial charge in [0.2, 0.25) is 0 Å². The zero-order valence-corrected chi connectivity index (χ0v) is 17.3. The van der Waals surface area contributed by atoms with Crippen LogP contribution in [0.25, 0.3) is 0 Å². The number of carbonyl (C=O) groups is 3. The van der Waals surface area contributed by atoms with Gasteiger partial charge in [0.1, 0.15) is 6.61 Å². The van der Waals surface area contributed by atoms with Gasteiger partial charge in [-0.15, -0.1) is 0 Å². The van der Waals surface area contributed by atoms with Gasteiger partial charge in [0, 0.05) is 19.0 Å². The molecule has 2 amide bonds. The topological polar surface area (TPSA) is 126 Å². The van der Waals surface area contributed by atoms with Crippen LogP contribution in [0.2, 0.25) is 0 Å². The number of carbonyl (C=O) groups excluding carboxylic acids is 2. The molecule has 10 nitrogen and oxygen atoms in total. The molecule has 2 N–H and O–H groups in total. The molecule has 0 saturated carbocycles. The van der Waals surface area contributed by atoms with Gasteiger partial charge in [0.05, 0.1) is 31.0 Å². The number of aliphatic carboxylic acids is 1. The molecule has 1 aromatic rings. The Hall–Kier alpha value is -3.27. The van der Waals surface area contributed by atoms with Crippen molar-refractivity contribution in [3.63, 3.8) is 0 Å². The number of nitrogens with zero attached hydrogens (tertiary/aromatic N) is 2. The molecule has 1 fully saturated rings. The minimum Gasteiger partial charge on any atom is -0.493 e. The van der Waals surface area contributed by atoms with Crippen molar-refractivity contribution < 1.29 is 38.8 Å². The first-order chi connectivity index (χ1) is 14.9. The lowest BCUT2D eigenvalue weighted by atomic mass is 10.1. The number of methoxy groups -OCH3 is 1. The number of carboxylic acid groups (broad SMARTS) is 1. The van der Waals surface area contributed by atoms with Gasteiger partial charge in [0.25, 0.3) is 5.91 Å². The summed E-state index contributed by atoms with van der Waals surface area (Å²) in [6.07, 6.45) is 0.720. The smallest absolute Gasteiger partial charge is 0.416 e. The van der Waals surface area contributed by atoms with Crippen molar-refractivity contribution in [3.05, 3.63) is 30.4 Å². The normalized spacial score (nSPS) is 19.9. The Morgan fingerprint density at radius 3 is 2.77 bits per heavy atom. The Kier molecular flexibility index (Phi) is 7.01. The molecule has 0 radical (unpaired) electrons. The molecule has 2 aliphatic heterocycles. The second-order valence-corrected chi connectivity index (χ2v) is 7.22. The fourth-order valence-electron chi connectivity index (χ4n) is 3.83. The van der Waals surface area contributed by atoms with Gasteiger partial charge < -0.3 is 29.3 Å². The lowest BCUT2D eigenvalue weighted by Gasteiger charge is -2.31. The molecule has 1 saturated heterocycles. The van der Waals surface area contributed by atoms with Gasteiger partial charge in [-0.2, -0.15) is 0 Å². The van der Waals surface area contributed by atoms with E-state index in [1.807, 2.05) is 0 Å². The van der Waals surface area contributed by atoms with E-state index in [1.165, 1.54) is 25.3 Å². The van der Waals surface area contributed by atoms with Gasteiger partial charge in [-0.3, -0.25) is 9.59 Å². The Bertz CT molecular complexity index is 871. The van der Waals surface area contributed by atoms with Crippen LogP contribution in [0, 0.1) is 0 Å². The van der Waals surface area contributed by atoms with E-state index in [1.54, 1.807) is 4.90 Å². The number of anilines is 1. The Morgan fingerprint density at radius 1 is 1.32 bits per heavy atom. The maximum atomic E-state index is 13.2. The summed E-state index contributed by atoms with van der Waals surface area (Å²) < 4.78 is 16.2. The molecule has 2 heterocycles. The van der Waals surface area contributed by atoms with E-state index in [9.17, 15) is 19.5 Å². The number of benzene rings is 1. The van der Waals surface area contributed by atoms with E-state index in [0.717, 1.165) is 4.90 Å². The summed E-state index contributed by atoms with van der Waals surface area (Å²) in [6.45, 7) is 4.01. The summed E-state index contributed by atoms with van der Waals surface area (Å²) in [4.78, 5) is 39.4. The molecule has 2 aliphatic rings. The van der Waals surface area contributed by atoms with Crippen molar-refractivity contribution in [1.29, 1.82) is 0 Å². The lowest BCUT2D eigenvalue weighted by molar-refractivity contribution is -0.137. The molecule has 10 heteroatoms. The monoisotopic (exact) mass is 434 g/mol. The molecule has 0 bridgehead atoms. The molecular formula is C21H26N2O8. The van der Waals surface area contributed by atoms with Crippen LogP contribution in [-0.2, 0) is 9.53 Å². The first-order valence-electron chi connectivity index (χ1n) is 10.0. The molecule has 1 aromatic carbocycles. The quantitative estimate of drug-likeness (QED) is 0.470. The molecule has 2 atom stereocenters. The molecule has 3 rings (SSSR count). The fourth-order valence-corrected chi connectivity index (χ4v) is 3.83. The number of aliphatic hydroxyl groups excluding tert-OH is 1. The van der Waals surface area contributed by atoms with Crippen LogP contribution in [0.3, 0.4) is 0 Å². The van der Waals surface area contributed by atoms with Gasteiger partial charge >= 0.3 is 12.1 Å². The van der Waals surface area contributed by atoms with Crippen LogP contribution < -0.4 is 14.4 Å². The minimum absolute atomic E-state index is 0.0611. The van der Waals surface area contributed by atoms with Crippen molar-refractivity contribution in [2.45, 2.75) is 38.0 Å². The maximum Gasteiger partial charge on any atom is 0.416 e. The number of amides is 2. The molecule has 0 spiro atoms. The Morgan fingerprint density at radius 2 is 2.10 bits per heavy atom. The van der Waals surface area contributed by atoms with Crippen LogP contribution in [0.4, 0.5) is 10.5 Å². The van der Waals surface area contributed by atoms with E-state index >= 15 is 0 Å². The summed E-state index contributed by atoms with van der Waals surface area (Å²) >= 11 is 0. The predicted octanol–water partition coefficient (Wildman–Crippen LogP) is 2.00. The maximum absolute atomic E-state index is 13.2. The van der Waals surface area contributed by atoms with E-state index in [-0.39, 0.29) is 54.7 Å². The fraction of sp³-hybridized carbons (Fsp3) is 0.476. The van der Waals surface area contributed by atoms with E-state index in [0.29, 0.717) is 19.4 Å². The van der Waals surface area contributed by atoms with Crippen LogP contribution in [-0.4, -0.2) is 72.2 Å². The first-order valence-corrected chi connectivity index (χ1v) is 10.0. The number of hydrogen-bond donors (Lipinski definition) is 2. The number of ether oxygens (including phenoxy) is 3. The predicted molar refractivity (Wildman–Crippen MR) is 109 cm³/mol. The van der Waals surface area contributed by atoms with E-state index in [2.05, 4.69) is 6.58 Å². The Balaban J connectivity index is 2.02. The summed E-state index contributed by atoms with van der Waals surface area (Å²) in [5, 5.41) is 19.8. The van der Waals surface area contributed by atoms with Crippen molar-refractivity contribution in [1.82, 2.24) is 4.90 Å². The summed E-state index contributed by atoms with van der Waals surface area (Å²) in [6, 6.07) is 2.33. The van der Waals surface area contributed by atoms with Crippen molar-refractivity contribution >= 4 is 23.7 Å². The van der Waals surface area contributed by atoms with Gasteiger partial charge in [-0.05, 0) is 25.3 Å². The molecule has 1 unspecified atom stereocenters. The zero-order chi connectivity index (χ0) is 22.5. The zero-order valence-electron chi connectivity index (χ0n) is 17.3. The largest absolute Gasteiger partial charge is 0.493 e. The molecule has 31 heavy (non-hydrogen) atoms. The van der Waals surface area contributed by atoms with Gasteiger partial charge in [0.15, 0.2) is 17.7 Å². The highest BCUT2D eigenvalue weighted by Gasteiger charge is 2.45. The standard InChI is InChI=1S/C21H26N2O8/c1-3-9-31-21(28)23-15-12-17(30-10-5-7-18(24)25)16(29-2)11-13(15)19(26)22-8-4-6-14(22)20(23)27/h3,11-12,14,20,27H,1,4-10H2,2H3,(H,24,25)/t14-,20?/m0/s1. The van der Waals surface area contributed by atoms with Gasteiger partial charge in [-0.1, -0.05) is 12.7 Å². The van der Waals surface area contributed by atoms with Crippen molar-refractivity contribution in [2.24, 2.45) is 0 Å². The molecular weight excluding hydrogens is 408 g/mol. The SMILES string of the molecule is C=CCOC(=O)N1c2cc(OCCCC(=O)O)c(OC)cc2C(=O)N2CCC[C@H]2C1O. The summed E-state index contributed by atoms with van der Waals surface area (Å²) in [5.74, 6) is -0.793.